The van der Waals surface area contributed by atoms with Gasteiger partial charge in [-0.15, -0.1) is 0 Å². The van der Waals surface area contributed by atoms with Gasteiger partial charge >= 0.3 is 0 Å². The van der Waals surface area contributed by atoms with E-state index in [2.05, 4.69) is 38.5 Å². The van der Waals surface area contributed by atoms with E-state index in [1.807, 2.05) is 12.1 Å². The highest BCUT2D eigenvalue weighted by Gasteiger charge is 2.15. The molecule has 3 amide bonds. The van der Waals surface area contributed by atoms with E-state index < -0.39 is 0 Å². The molecule has 0 heterocycles. The summed E-state index contributed by atoms with van der Waals surface area (Å²) in [6.45, 7) is 0.171. The normalized spacial score (nSPS) is 14.6. The lowest BCUT2D eigenvalue weighted by molar-refractivity contribution is -0.122. The molecule has 0 aliphatic heterocycles. The van der Waals surface area contributed by atoms with E-state index in [1.165, 1.54) is 19.3 Å². The maximum absolute atomic E-state index is 12.0. The van der Waals surface area contributed by atoms with Gasteiger partial charge in [-0.25, -0.2) is 0 Å². The third kappa shape index (κ3) is 7.01. The highest BCUT2D eigenvalue weighted by molar-refractivity contribution is 14.1. The van der Waals surface area contributed by atoms with Crippen molar-refractivity contribution in [3.63, 3.8) is 0 Å². The number of halogens is 1. The van der Waals surface area contributed by atoms with Gasteiger partial charge in [-0.1, -0.05) is 31.4 Å². The molecule has 0 unspecified atom stereocenters. The Morgan fingerprint density at radius 2 is 1.72 bits per heavy atom. The smallest absolute Gasteiger partial charge is 0.252 e. The molecule has 7 heteroatoms. The van der Waals surface area contributed by atoms with Crippen LogP contribution >= 0.6 is 22.6 Å². The third-order valence-corrected chi connectivity index (χ3v) is 5.11. The molecule has 3 N–H and O–H groups in total. The van der Waals surface area contributed by atoms with Gasteiger partial charge in [-0.05, 0) is 47.6 Å². The van der Waals surface area contributed by atoms with Gasteiger partial charge in [0, 0.05) is 22.6 Å². The minimum absolute atomic E-state index is 0.0323. The van der Waals surface area contributed by atoms with Crippen LogP contribution in [-0.4, -0.2) is 36.9 Å². The first-order chi connectivity index (χ1) is 12.1. The first kappa shape index (κ1) is 19.7. The first-order valence-electron chi connectivity index (χ1n) is 8.65. The standard InChI is InChI=1S/C18H24IN3O3/c19-15-9-5-4-8-14(15)18(25)21-12-17(24)20-11-10-16(23)22-13-6-2-1-3-7-13/h4-5,8-9,13H,1-3,6-7,10-12H2,(H,20,24)(H,21,25)(H,22,23). The minimum atomic E-state index is -0.301. The molecule has 0 radical (unpaired) electrons. The topological polar surface area (TPSA) is 87.3 Å². The van der Waals surface area contributed by atoms with Crippen molar-refractivity contribution in [2.75, 3.05) is 13.1 Å². The van der Waals surface area contributed by atoms with Crippen molar-refractivity contribution in [1.82, 2.24) is 16.0 Å². The van der Waals surface area contributed by atoms with Gasteiger partial charge in [0.05, 0.1) is 12.1 Å². The van der Waals surface area contributed by atoms with Crippen molar-refractivity contribution in [3.05, 3.63) is 33.4 Å². The Labute approximate surface area is 161 Å². The van der Waals surface area contributed by atoms with Crippen LogP contribution in [-0.2, 0) is 9.59 Å². The second kappa shape index (κ2) is 10.4. The van der Waals surface area contributed by atoms with Crippen LogP contribution in [0.25, 0.3) is 0 Å². The van der Waals surface area contributed by atoms with Crippen molar-refractivity contribution in [2.45, 2.75) is 44.6 Å². The van der Waals surface area contributed by atoms with Gasteiger partial charge < -0.3 is 16.0 Å². The van der Waals surface area contributed by atoms with Gasteiger partial charge in [-0.2, -0.15) is 0 Å². The van der Waals surface area contributed by atoms with Crippen molar-refractivity contribution in [3.8, 4) is 0 Å². The van der Waals surface area contributed by atoms with Crippen molar-refractivity contribution < 1.29 is 14.4 Å². The summed E-state index contributed by atoms with van der Waals surface area (Å²) in [6.07, 6.45) is 5.93. The third-order valence-electron chi connectivity index (χ3n) is 4.17. The van der Waals surface area contributed by atoms with Crippen LogP contribution < -0.4 is 16.0 Å². The average Bonchev–Trinajstić information content (AvgIpc) is 2.61. The molecule has 0 saturated heterocycles. The van der Waals surface area contributed by atoms with Crippen LogP contribution in [0.1, 0.15) is 48.9 Å². The van der Waals surface area contributed by atoms with Gasteiger partial charge in [0.1, 0.15) is 0 Å². The number of rotatable bonds is 7. The van der Waals surface area contributed by atoms with Gasteiger partial charge in [-0.3, -0.25) is 14.4 Å². The highest BCUT2D eigenvalue weighted by atomic mass is 127. The zero-order valence-electron chi connectivity index (χ0n) is 14.1. The molecule has 1 aliphatic rings. The number of amides is 3. The maximum atomic E-state index is 12.0. The number of hydrogen-bond donors (Lipinski definition) is 3. The quantitative estimate of drug-likeness (QED) is 0.548. The molecule has 0 bridgehead atoms. The van der Waals surface area contributed by atoms with Crippen LogP contribution in [0.3, 0.4) is 0 Å². The van der Waals surface area contributed by atoms with Gasteiger partial charge in [0.15, 0.2) is 0 Å². The summed E-state index contributed by atoms with van der Waals surface area (Å²) in [5.41, 5.74) is 0.544. The molecular weight excluding hydrogens is 433 g/mol. The number of hydrogen-bond acceptors (Lipinski definition) is 3. The lowest BCUT2D eigenvalue weighted by Gasteiger charge is -2.22. The molecule has 2 rings (SSSR count). The summed E-state index contributed by atoms with van der Waals surface area (Å²) in [7, 11) is 0. The fraction of sp³-hybridized carbons (Fsp3) is 0.500. The van der Waals surface area contributed by atoms with Crippen molar-refractivity contribution in [1.29, 1.82) is 0 Å². The average molecular weight is 457 g/mol. The van der Waals surface area contributed by atoms with E-state index in [4.69, 9.17) is 0 Å². The molecular formula is C18H24IN3O3. The molecule has 0 spiro atoms. The van der Waals surface area contributed by atoms with Crippen LogP contribution in [0.4, 0.5) is 0 Å². The Balaban J connectivity index is 1.61. The molecule has 1 aliphatic carbocycles. The second-order valence-corrected chi connectivity index (χ2v) is 7.33. The fourth-order valence-electron chi connectivity index (χ4n) is 2.83. The van der Waals surface area contributed by atoms with E-state index in [0.29, 0.717) is 5.56 Å². The summed E-state index contributed by atoms with van der Waals surface area (Å²) in [4.78, 5) is 35.6. The molecule has 25 heavy (non-hydrogen) atoms. The molecule has 1 aromatic rings. The van der Waals surface area contributed by atoms with Crippen LogP contribution in [0, 0.1) is 3.57 Å². The summed E-state index contributed by atoms with van der Waals surface area (Å²) in [5.74, 6) is -0.616. The Morgan fingerprint density at radius 3 is 2.44 bits per heavy atom. The van der Waals surface area contributed by atoms with E-state index in [9.17, 15) is 14.4 Å². The SMILES string of the molecule is O=C(CNC(=O)c1ccccc1I)NCCC(=O)NC1CCCCC1. The van der Waals surface area contributed by atoms with Crippen LogP contribution in [0.5, 0.6) is 0 Å². The van der Waals surface area contributed by atoms with Crippen molar-refractivity contribution in [2.24, 2.45) is 0 Å². The molecule has 1 fully saturated rings. The summed E-state index contributed by atoms with van der Waals surface area (Å²) < 4.78 is 0.831. The predicted octanol–water partition coefficient (Wildman–Crippen LogP) is 1.98. The van der Waals surface area contributed by atoms with Crippen LogP contribution in [0.15, 0.2) is 24.3 Å². The largest absolute Gasteiger partial charge is 0.354 e. The summed E-state index contributed by atoms with van der Waals surface area (Å²) >= 11 is 2.08. The molecule has 1 aromatic carbocycles. The highest BCUT2D eigenvalue weighted by Crippen LogP contribution is 2.17. The summed E-state index contributed by atoms with van der Waals surface area (Å²) in [5, 5.41) is 8.25. The molecule has 1 saturated carbocycles. The van der Waals surface area contributed by atoms with E-state index in [-0.39, 0.29) is 43.3 Å². The Kier molecular flexibility index (Phi) is 8.17. The fourth-order valence-corrected chi connectivity index (χ4v) is 3.46. The number of carbonyl (C=O) groups is 3. The lowest BCUT2D eigenvalue weighted by atomic mass is 9.95. The number of benzene rings is 1. The molecule has 0 aromatic heterocycles. The zero-order chi connectivity index (χ0) is 18.1. The molecule has 136 valence electrons. The Bertz CT molecular complexity index is 615. The van der Waals surface area contributed by atoms with Gasteiger partial charge in [0.25, 0.3) is 5.91 Å². The molecule has 6 nitrogen and oxygen atoms in total. The van der Waals surface area contributed by atoms with Crippen molar-refractivity contribution >= 4 is 40.3 Å². The zero-order valence-corrected chi connectivity index (χ0v) is 16.3. The number of carbonyl (C=O) groups excluding carboxylic acids is 3. The van der Waals surface area contributed by atoms with Crippen LogP contribution in [0.2, 0.25) is 0 Å². The first-order valence-corrected chi connectivity index (χ1v) is 9.73. The second-order valence-electron chi connectivity index (χ2n) is 6.16. The predicted molar refractivity (Wildman–Crippen MR) is 104 cm³/mol. The Hall–Kier alpha value is -1.64. The maximum Gasteiger partial charge on any atom is 0.252 e. The van der Waals surface area contributed by atoms with E-state index in [1.54, 1.807) is 12.1 Å². The minimum Gasteiger partial charge on any atom is -0.354 e. The lowest BCUT2D eigenvalue weighted by Crippen LogP contribution is -2.40. The number of nitrogens with one attached hydrogen (secondary N) is 3. The van der Waals surface area contributed by atoms with E-state index >= 15 is 0 Å². The summed E-state index contributed by atoms with van der Waals surface area (Å²) in [6, 6.07) is 7.46. The monoisotopic (exact) mass is 457 g/mol. The molecule has 0 atom stereocenters. The van der Waals surface area contributed by atoms with Gasteiger partial charge in [0.2, 0.25) is 11.8 Å². The van der Waals surface area contributed by atoms with E-state index in [0.717, 1.165) is 16.4 Å². The Morgan fingerprint density at radius 1 is 1.00 bits per heavy atom.